The number of benzene rings is 1. The maximum absolute atomic E-state index is 9.15. The zero-order valence-electron chi connectivity index (χ0n) is 9.24. The Labute approximate surface area is 91.3 Å². The lowest BCUT2D eigenvalue weighted by molar-refractivity contribution is 0.474. The molecule has 1 saturated carbocycles. The second-order valence-corrected chi connectivity index (χ2v) is 4.55. The van der Waals surface area contributed by atoms with E-state index in [9.17, 15) is 0 Å². The van der Waals surface area contributed by atoms with Gasteiger partial charge in [-0.15, -0.1) is 0 Å². The van der Waals surface area contributed by atoms with E-state index in [2.05, 4.69) is 12.2 Å². The number of hydrogen-bond acceptors (Lipinski definition) is 2. The van der Waals surface area contributed by atoms with Gasteiger partial charge < -0.3 is 10.4 Å². The lowest BCUT2D eigenvalue weighted by Crippen LogP contribution is -2.28. The fraction of sp³-hybridized carbons (Fsp3) is 0.538. The third-order valence-electron chi connectivity index (χ3n) is 2.90. The number of aryl methyl sites for hydroxylation is 1. The highest BCUT2D eigenvalue weighted by Crippen LogP contribution is 2.20. The van der Waals surface area contributed by atoms with E-state index in [4.69, 9.17) is 5.11 Å². The van der Waals surface area contributed by atoms with Gasteiger partial charge in [-0.2, -0.15) is 0 Å². The molecule has 2 rings (SSSR count). The summed E-state index contributed by atoms with van der Waals surface area (Å²) >= 11 is 0. The van der Waals surface area contributed by atoms with E-state index >= 15 is 0 Å². The monoisotopic (exact) mass is 205 g/mol. The van der Waals surface area contributed by atoms with E-state index in [0.29, 0.717) is 11.8 Å². The van der Waals surface area contributed by atoms with Gasteiger partial charge in [0.25, 0.3) is 0 Å². The quantitative estimate of drug-likeness (QED) is 0.774. The second-order valence-electron chi connectivity index (χ2n) is 4.55. The van der Waals surface area contributed by atoms with Crippen molar-refractivity contribution in [2.45, 2.75) is 44.7 Å². The summed E-state index contributed by atoms with van der Waals surface area (Å²) in [5, 5.41) is 12.7. The largest absolute Gasteiger partial charge is 0.508 e. The minimum Gasteiger partial charge on any atom is -0.508 e. The fourth-order valence-electron chi connectivity index (χ4n) is 1.78. The van der Waals surface area contributed by atoms with Crippen molar-refractivity contribution in [3.05, 3.63) is 29.8 Å². The number of aromatic hydroxyl groups is 1. The predicted molar refractivity (Wildman–Crippen MR) is 62.0 cm³/mol. The minimum absolute atomic E-state index is 0.350. The molecule has 2 heteroatoms. The normalized spacial score (nSPS) is 17.7. The van der Waals surface area contributed by atoms with Crippen molar-refractivity contribution in [2.24, 2.45) is 0 Å². The van der Waals surface area contributed by atoms with Crippen molar-refractivity contribution in [2.75, 3.05) is 0 Å². The van der Waals surface area contributed by atoms with E-state index in [1.807, 2.05) is 12.1 Å². The first-order chi connectivity index (χ1) is 7.24. The van der Waals surface area contributed by atoms with Gasteiger partial charge in [0.1, 0.15) is 5.75 Å². The molecular weight excluding hydrogens is 186 g/mol. The molecule has 0 aromatic heterocycles. The molecule has 0 radical (unpaired) electrons. The van der Waals surface area contributed by atoms with Crippen LogP contribution in [-0.2, 0) is 6.42 Å². The fourth-order valence-corrected chi connectivity index (χ4v) is 1.78. The van der Waals surface area contributed by atoms with E-state index in [-0.39, 0.29) is 0 Å². The Morgan fingerprint density at radius 3 is 2.60 bits per heavy atom. The number of hydrogen-bond donors (Lipinski definition) is 2. The summed E-state index contributed by atoms with van der Waals surface area (Å²) in [7, 11) is 0. The highest BCUT2D eigenvalue weighted by Gasteiger charge is 2.22. The number of phenols is 1. The molecule has 0 saturated heterocycles. The second kappa shape index (κ2) is 4.67. The van der Waals surface area contributed by atoms with Gasteiger partial charge in [-0.05, 0) is 50.3 Å². The Morgan fingerprint density at radius 1 is 1.33 bits per heavy atom. The molecule has 0 amide bonds. The highest BCUT2D eigenvalue weighted by atomic mass is 16.3. The molecule has 0 unspecified atom stereocenters. The van der Waals surface area contributed by atoms with Gasteiger partial charge in [-0.3, -0.25) is 0 Å². The zero-order chi connectivity index (χ0) is 10.7. The van der Waals surface area contributed by atoms with Crippen LogP contribution in [0.15, 0.2) is 24.3 Å². The molecule has 2 nitrogen and oxygen atoms in total. The highest BCUT2D eigenvalue weighted by molar-refractivity contribution is 5.25. The first kappa shape index (κ1) is 10.5. The summed E-state index contributed by atoms with van der Waals surface area (Å²) in [5.74, 6) is 0.350. The number of nitrogens with one attached hydrogen (secondary N) is 1. The smallest absolute Gasteiger partial charge is 0.115 e. The van der Waals surface area contributed by atoms with Crippen LogP contribution in [0.1, 0.15) is 31.7 Å². The van der Waals surface area contributed by atoms with Crippen LogP contribution in [-0.4, -0.2) is 17.2 Å². The molecule has 1 aliphatic rings. The molecule has 1 aromatic rings. The van der Waals surface area contributed by atoms with Crippen LogP contribution in [0, 0.1) is 0 Å². The standard InChI is InChI=1S/C13H19NO/c1-10(14-12-6-7-12)2-3-11-4-8-13(15)9-5-11/h4-5,8-10,12,14-15H,2-3,6-7H2,1H3/t10-/m0/s1. The van der Waals surface area contributed by atoms with Gasteiger partial charge in [0, 0.05) is 12.1 Å². The molecular formula is C13H19NO. The zero-order valence-corrected chi connectivity index (χ0v) is 9.24. The van der Waals surface area contributed by atoms with Crippen molar-refractivity contribution in [1.82, 2.24) is 5.32 Å². The first-order valence-corrected chi connectivity index (χ1v) is 5.78. The van der Waals surface area contributed by atoms with Gasteiger partial charge >= 0.3 is 0 Å². The van der Waals surface area contributed by atoms with E-state index in [1.165, 1.54) is 24.8 Å². The lowest BCUT2D eigenvalue weighted by Gasteiger charge is -2.12. The van der Waals surface area contributed by atoms with Gasteiger partial charge in [-0.1, -0.05) is 12.1 Å². The number of rotatable bonds is 5. The van der Waals surface area contributed by atoms with Crippen molar-refractivity contribution in [3.8, 4) is 5.75 Å². The molecule has 0 bridgehead atoms. The van der Waals surface area contributed by atoms with Crippen LogP contribution in [0.3, 0.4) is 0 Å². The molecule has 1 fully saturated rings. The summed E-state index contributed by atoms with van der Waals surface area (Å²) in [4.78, 5) is 0. The van der Waals surface area contributed by atoms with Gasteiger partial charge in [-0.25, -0.2) is 0 Å². The third kappa shape index (κ3) is 3.56. The van der Waals surface area contributed by atoms with Crippen molar-refractivity contribution in [1.29, 1.82) is 0 Å². The molecule has 1 atom stereocenters. The molecule has 0 heterocycles. The summed E-state index contributed by atoms with van der Waals surface area (Å²) in [6, 6.07) is 8.91. The van der Waals surface area contributed by atoms with Crippen LogP contribution >= 0.6 is 0 Å². The SMILES string of the molecule is C[C@@H](CCc1ccc(O)cc1)NC1CC1. The van der Waals surface area contributed by atoms with Gasteiger partial charge in [0.05, 0.1) is 0 Å². The average molecular weight is 205 g/mol. The first-order valence-electron chi connectivity index (χ1n) is 5.78. The van der Waals surface area contributed by atoms with E-state index in [0.717, 1.165) is 12.5 Å². The van der Waals surface area contributed by atoms with Crippen LogP contribution in [0.5, 0.6) is 5.75 Å². The molecule has 0 aliphatic heterocycles. The van der Waals surface area contributed by atoms with Gasteiger partial charge in [0.15, 0.2) is 0 Å². The summed E-state index contributed by atoms with van der Waals surface area (Å²) < 4.78 is 0. The Kier molecular flexibility index (Phi) is 3.27. The third-order valence-corrected chi connectivity index (χ3v) is 2.90. The predicted octanol–water partition coefficient (Wildman–Crippen LogP) is 2.47. The maximum atomic E-state index is 9.15. The van der Waals surface area contributed by atoms with Crippen molar-refractivity contribution < 1.29 is 5.11 Å². The molecule has 1 aliphatic carbocycles. The Morgan fingerprint density at radius 2 is 2.00 bits per heavy atom. The number of phenolic OH excluding ortho intramolecular Hbond substituents is 1. The molecule has 1 aromatic carbocycles. The maximum Gasteiger partial charge on any atom is 0.115 e. The Hall–Kier alpha value is -1.02. The molecule has 82 valence electrons. The molecule has 0 spiro atoms. The van der Waals surface area contributed by atoms with E-state index in [1.54, 1.807) is 12.1 Å². The van der Waals surface area contributed by atoms with E-state index < -0.39 is 0 Å². The van der Waals surface area contributed by atoms with Crippen molar-refractivity contribution in [3.63, 3.8) is 0 Å². The lowest BCUT2D eigenvalue weighted by atomic mass is 10.1. The average Bonchev–Trinajstić information content (AvgIpc) is 3.01. The summed E-state index contributed by atoms with van der Waals surface area (Å²) in [6.45, 7) is 2.25. The topological polar surface area (TPSA) is 32.3 Å². The summed E-state index contributed by atoms with van der Waals surface area (Å²) in [6.07, 6.45) is 4.95. The van der Waals surface area contributed by atoms with Crippen LogP contribution < -0.4 is 5.32 Å². The van der Waals surface area contributed by atoms with Crippen molar-refractivity contribution >= 4 is 0 Å². The Bertz CT molecular complexity index is 303. The van der Waals surface area contributed by atoms with Crippen LogP contribution in [0.2, 0.25) is 0 Å². The van der Waals surface area contributed by atoms with Gasteiger partial charge in [0.2, 0.25) is 0 Å². The minimum atomic E-state index is 0.350. The van der Waals surface area contributed by atoms with Crippen LogP contribution in [0.4, 0.5) is 0 Å². The Balaban J connectivity index is 1.74. The van der Waals surface area contributed by atoms with Crippen LogP contribution in [0.25, 0.3) is 0 Å². The summed E-state index contributed by atoms with van der Waals surface area (Å²) in [5.41, 5.74) is 1.30. The molecule has 15 heavy (non-hydrogen) atoms. The molecule has 2 N–H and O–H groups in total.